The van der Waals surface area contributed by atoms with Gasteiger partial charge in [0.2, 0.25) is 0 Å². The second-order valence-corrected chi connectivity index (χ2v) is 9.70. The number of carbonyl (C=O) groups is 1. The lowest BCUT2D eigenvalue weighted by Gasteiger charge is -2.20. The molecule has 5 N–H and O–H groups in total. The highest BCUT2D eigenvalue weighted by atomic mass is 16.3. The van der Waals surface area contributed by atoms with Gasteiger partial charge in [0.05, 0.1) is 0 Å². The van der Waals surface area contributed by atoms with E-state index in [0.717, 1.165) is 38.6 Å². The van der Waals surface area contributed by atoms with Gasteiger partial charge in [-0.25, -0.2) is 4.79 Å². The minimum absolute atomic E-state index is 0.115. The fourth-order valence-corrected chi connectivity index (χ4v) is 5.20. The molecule has 190 valence electrons. The van der Waals surface area contributed by atoms with Crippen LogP contribution in [0.2, 0.25) is 0 Å². The Labute approximate surface area is 222 Å². The lowest BCUT2D eigenvalue weighted by Crippen LogP contribution is -2.19. The number of amides is 2. The van der Waals surface area contributed by atoms with E-state index in [1.54, 1.807) is 24.3 Å². The number of hydrogen-bond acceptors (Lipinski definition) is 3. The molecule has 5 rings (SSSR count). The van der Waals surface area contributed by atoms with E-state index in [4.69, 9.17) is 5.73 Å². The van der Waals surface area contributed by atoms with E-state index in [0.29, 0.717) is 12.1 Å². The first-order chi connectivity index (χ1) is 18.3. The van der Waals surface area contributed by atoms with Crippen LogP contribution in [0.4, 0.5) is 10.5 Å². The summed E-state index contributed by atoms with van der Waals surface area (Å²) in [6.45, 7) is 4.15. The van der Waals surface area contributed by atoms with E-state index >= 15 is 0 Å². The normalized spacial score (nSPS) is 11.8. The average Bonchev–Trinajstić information content (AvgIpc) is 2.90. The summed E-state index contributed by atoms with van der Waals surface area (Å²) in [4.78, 5) is 11.3. The molecule has 5 heteroatoms. The summed E-state index contributed by atoms with van der Waals surface area (Å²) in [5.74, 6) is 0.579. The van der Waals surface area contributed by atoms with Gasteiger partial charge in [-0.2, -0.15) is 0 Å². The van der Waals surface area contributed by atoms with Crippen LogP contribution in [0.25, 0.3) is 21.9 Å². The largest absolute Gasteiger partial charge is 0.508 e. The number of hydrogen-bond donors (Lipinski definition) is 4. The van der Waals surface area contributed by atoms with Crippen LogP contribution in [-0.2, 0) is 6.42 Å². The fraction of sp³-hybridized carbons (Fsp3) is 0.121. The number of urea groups is 1. The number of primary amides is 1. The van der Waals surface area contributed by atoms with Gasteiger partial charge in [-0.15, -0.1) is 0 Å². The number of phenolic OH excluding ortho intramolecular Hbond substituents is 2. The first-order valence-corrected chi connectivity index (χ1v) is 12.6. The van der Waals surface area contributed by atoms with E-state index in [-0.39, 0.29) is 17.4 Å². The third-order valence-electron chi connectivity index (χ3n) is 7.19. The number of anilines is 1. The summed E-state index contributed by atoms with van der Waals surface area (Å²) in [7, 11) is 0. The van der Waals surface area contributed by atoms with Crippen molar-refractivity contribution in [1.29, 1.82) is 0 Å². The number of carbonyl (C=O) groups excluding carboxylic acids is 1. The van der Waals surface area contributed by atoms with Crippen molar-refractivity contribution >= 4 is 22.5 Å². The van der Waals surface area contributed by atoms with Crippen molar-refractivity contribution in [3.8, 4) is 22.6 Å². The van der Waals surface area contributed by atoms with E-state index in [9.17, 15) is 15.0 Å². The summed E-state index contributed by atoms with van der Waals surface area (Å²) in [5, 5.41) is 24.7. The summed E-state index contributed by atoms with van der Waals surface area (Å²) in [5.41, 5.74) is 13.8. The highest BCUT2D eigenvalue weighted by Crippen LogP contribution is 2.37. The van der Waals surface area contributed by atoms with Crippen LogP contribution in [0.5, 0.6) is 11.5 Å². The molecule has 38 heavy (non-hydrogen) atoms. The summed E-state index contributed by atoms with van der Waals surface area (Å²) in [6.07, 6.45) is 0.694. The molecule has 0 aliphatic carbocycles. The zero-order valence-corrected chi connectivity index (χ0v) is 21.4. The zero-order valence-electron chi connectivity index (χ0n) is 21.4. The molecule has 1 atom stereocenters. The Morgan fingerprint density at radius 3 is 2.34 bits per heavy atom. The van der Waals surface area contributed by atoms with Crippen LogP contribution < -0.4 is 11.1 Å². The van der Waals surface area contributed by atoms with E-state index < -0.39 is 6.03 Å². The fourth-order valence-electron chi connectivity index (χ4n) is 5.20. The van der Waals surface area contributed by atoms with Gasteiger partial charge >= 0.3 is 6.03 Å². The van der Waals surface area contributed by atoms with Gasteiger partial charge in [-0.1, -0.05) is 73.7 Å². The Balaban J connectivity index is 1.59. The Morgan fingerprint density at radius 1 is 0.868 bits per heavy atom. The predicted octanol–water partition coefficient (Wildman–Crippen LogP) is 7.46. The molecular formula is C33H30N2O3. The van der Waals surface area contributed by atoms with Crippen LogP contribution >= 0.6 is 0 Å². The van der Waals surface area contributed by atoms with E-state index in [1.807, 2.05) is 43.3 Å². The number of rotatable bonds is 6. The van der Waals surface area contributed by atoms with Gasteiger partial charge in [0.15, 0.2) is 0 Å². The maximum Gasteiger partial charge on any atom is 0.316 e. The second kappa shape index (κ2) is 10.3. The van der Waals surface area contributed by atoms with Gasteiger partial charge in [0.25, 0.3) is 0 Å². The molecule has 0 radical (unpaired) electrons. The quantitative estimate of drug-likeness (QED) is 0.194. The van der Waals surface area contributed by atoms with Crippen LogP contribution in [0.1, 0.15) is 40.7 Å². The maximum atomic E-state index is 11.3. The number of aryl methyl sites for hydroxylation is 1. The van der Waals surface area contributed by atoms with Gasteiger partial charge in [0.1, 0.15) is 11.5 Å². The molecular weight excluding hydrogens is 472 g/mol. The van der Waals surface area contributed by atoms with Crippen molar-refractivity contribution < 1.29 is 15.0 Å². The maximum absolute atomic E-state index is 11.3. The van der Waals surface area contributed by atoms with Crippen LogP contribution in [0, 0.1) is 6.92 Å². The number of phenols is 2. The zero-order chi connectivity index (χ0) is 26.8. The molecule has 0 aliphatic heterocycles. The molecule has 2 amide bonds. The van der Waals surface area contributed by atoms with Crippen molar-refractivity contribution in [3.05, 3.63) is 125 Å². The van der Waals surface area contributed by atoms with Gasteiger partial charge in [-0.3, -0.25) is 0 Å². The summed E-state index contributed by atoms with van der Waals surface area (Å²) in [6, 6.07) is 30.8. The molecule has 0 aliphatic rings. The first kappa shape index (κ1) is 24.9. The highest BCUT2D eigenvalue weighted by Gasteiger charge is 2.17. The molecule has 0 saturated carbocycles. The minimum atomic E-state index is -0.577. The van der Waals surface area contributed by atoms with E-state index in [1.165, 1.54) is 11.1 Å². The van der Waals surface area contributed by atoms with E-state index in [2.05, 4.69) is 48.6 Å². The highest BCUT2D eigenvalue weighted by molar-refractivity contribution is 5.93. The number of aromatic hydroxyl groups is 2. The number of nitrogens with two attached hydrogens (primary N) is 1. The molecule has 5 nitrogen and oxygen atoms in total. The van der Waals surface area contributed by atoms with Gasteiger partial charge in [-0.05, 0) is 93.4 Å². The molecule has 0 spiro atoms. The van der Waals surface area contributed by atoms with Gasteiger partial charge in [0, 0.05) is 11.6 Å². The number of nitrogens with one attached hydrogen (secondary N) is 1. The lowest BCUT2D eigenvalue weighted by molar-refractivity contribution is 0.259. The summed E-state index contributed by atoms with van der Waals surface area (Å²) < 4.78 is 0. The molecule has 0 fully saturated rings. The third-order valence-corrected chi connectivity index (χ3v) is 7.19. The Bertz CT molecular complexity index is 1640. The Hall–Kier alpha value is -4.77. The Morgan fingerprint density at radius 2 is 1.61 bits per heavy atom. The lowest BCUT2D eigenvalue weighted by atomic mass is 9.84. The molecule has 0 heterocycles. The van der Waals surface area contributed by atoms with Crippen molar-refractivity contribution in [3.63, 3.8) is 0 Å². The first-order valence-electron chi connectivity index (χ1n) is 12.6. The average molecular weight is 503 g/mol. The standard InChI is InChI=1S/C33H30N2O3/c1-20-17-23(10-16-32(20)35-33(34)38)21(2)28-6-4-3-5-24(28)19-31-29(22-7-11-26(36)12-8-22)14-9-25-18-27(37)13-15-30(25)31/h3-18,21,36-37H,19H2,1-2H3,(H3,34,35,38). The SMILES string of the molecule is Cc1cc(C(C)c2ccccc2Cc2c(-c3ccc(O)cc3)ccc3cc(O)ccc23)ccc1NC(N)=O. The molecule has 1 unspecified atom stereocenters. The van der Waals surface area contributed by atoms with Crippen LogP contribution in [0.15, 0.2) is 97.1 Å². The van der Waals surface area contributed by atoms with Crippen molar-refractivity contribution in [1.82, 2.24) is 0 Å². The predicted molar refractivity (Wildman–Crippen MR) is 154 cm³/mol. The number of fused-ring (bicyclic) bond motifs is 1. The van der Waals surface area contributed by atoms with Crippen molar-refractivity contribution in [2.45, 2.75) is 26.2 Å². The molecule has 0 bridgehead atoms. The minimum Gasteiger partial charge on any atom is -0.508 e. The molecule has 5 aromatic rings. The Kier molecular flexibility index (Phi) is 6.75. The van der Waals surface area contributed by atoms with Crippen molar-refractivity contribution in [2.75, 3.05) is 5.32 Å². The molecule has 5 aromatic carbocycles. The number of benzene rings is 5. The van der Waals surface area contributed by atoms with Crippen LogP contribution in [-0.4, -0.2) is 16.2 Å². The smallest absolute Gasteiger partial charge is 0.316 e. The third kappa shape index (κ3) is 5.04. The molecule has 0 aromatic heterocycles. The summed E-state index contributed by atoms with van der Waals surface area (Å²) >= 11 is 0. The monoisotopic (exact) mass is 502 g/mol. The molecule has 0 saturated heterocycles. The van der Waals surface area contributed by atoms with Crippen molar-refractivity contribution in [2.24, 2.45) is 5.73 Å². The topological polar surface area (TPSA) is 95.6 Å². The van der Waals surface area contributed by atoms with Crippen LogP contribution in [0.3, 0.4) is 0 Å². The van der Waals surface area contributed by atoms with Gasteiger partial charge < -0.3 is 21.3 Å². The second-order valence-electron chi connectivity index (χ2n) is 9.70.